The number of nitrogens with one attached hydrogen (secondary N) is 2. The standard InChI is InChI=1S/C10H18ClN3O3/c1-4-14(5-2)9(16)7(3)12-10(17)13-8(15)6-11/h7H,4-6H2,1-3H3,(H2,12,13,15,17). The zero-order valence-corrected chi connectivity index (χ0v) is 11.0. The van der Waals surface area contributed by atoms with Crippen molar-refractivity contribution in [1.82, 2.24) is 15.5 Å². The Morgan fingerprint density at radius 3 is 2.18 bits per heavy atom. The zero-order valence-electron chi connectivity index (χ0n) is 10.2. The van der Waals surface area contributed by atoms with E-state index >= 15 is 0 Å². The molecular formula is C10H18ClN3O3. The molecule has 1 atom stereocenters. The van der Waals surface area contributed by atoms with Crippen LogP contribution in [0.3, 0.4) is 0 Å². The maximum absolute atomic E-state index is 11.8. The Labute approximate surface area is 106 Å². The van der Waals surface area contributed by atoms with E-state index in [1.54, 1.807) is 11.8 Å². The average Bonchev–Trinajstić information content (AvgIpc) is 2.29. The van der Waals surface area contributed by atoms with Gasteiger partial charge in [-0.2, -0.15) is 0 Å². The molecule has 7 heteroatoms. The third-order valence-corrected chi connectivity index (χ3v) is 2.41. The second-order valence-corrected chi connectivity index (χ2v) is 3.65. The minimum atomic E-state index is -0.719. The van der Waals surface area contributed by atoms with Crippen LogP contribution in [0.25, 0.3) is 0 Å². The van der Waals surface area contributed by atoms with E-state index < -0.39 is 18.0 Å². The Morgan fingerprint density at radius 1 is 1.24 bits per heavy atom. The predicted molar refractivity (Wildman–Crippen MR) is 64.8 cm³/mol. The molecule has 0 bridgehead atoms. The van der Waals surface area contributed by atoms with Crippen molar-refractivity contribution in [3.05, 3.63) is 0 Å². The molecule has 0 aliphatic carbocycles. The van der Waals surface area contributed by atoms with Crippen LogP contribution in [-0.2, 0) is 9.59 Å². The maximum atomic E-state index is 11.8. The molecule has 0 aliphatic heterocycles. The van der Waals surface area contributed by atoms with Gasteiger partial charge < -0.3 is 10.2 Å². The molecule has 0 heterocycles. The first-order chi connectivity index (χ1) is 7.96. The van der Waals surface area contributed by atoms with Gasteiger partial charge in [0.05, 0.1) is 0 Å². The number of alkyl halides is 1. The second-order valence-electron chi connectivity index (χ2n) is 3.39. The van der Waals surface area contributed by atoms with Gasteiger partial charge in [-0.1, -0.05) is 0 Å². The highest BCUT2D eigenvalue weighted by atomic mass is 35.5. The minimum Gasteiger partial charge on any atom is -0.341 e. The van der Waals surface area contributed by atoms with Gasteiger partial charge >= 0.3 is 6.03 Å². The molecule has 6 nitrogen and oxygen atoms in total. The molecule has 0 aromatic rings. The highest BCUT2D eigenvalue weighted by molar-refractivity contribution is 6.28. The first kappa shape index (κ1) is 15.7. The van der Waals surface area contributed by atoms with Crippen molar-refractivity contribution in [3.8, 4) is 0 Å². The number of imide groups is 1. The minimum absolute atomic E-state index is 0.191. The van der Waals surface area contributed by atoms with Gasteiger partial charge in [0, 0.05) is 13.1 Å². The van der Waals surface area contributed by atoms with Crippen molar-refractivity contribution < 1.29 is 14.4 Å². The highest BCUT2D eigenvalue weighted by Crippen LogP contribution is 1.94. The fourth-order valence-electron chi connectivity index (χ4n) is 1.26. The summed E-state index contributed by atoms with van der Waals surface area (Å²) in [7, 11) is 0. The van der Waals surface area contributed by atoms with Crippen molar-refractivity contribution in [3.63, 3.8) is 0 Å². The molecule has 17 heavy (non-hydrogen) atoms. The van der Waals surface area contributed by atoms with Gasteiger partial charge in [0.25, 0.3) is 0 Å². The molecule has 0 rings (SSSR count). The van der Waals surface area contributed by atoms with Gasteiger partial charge in [-0.05, 0) is 20.8 Å². The average molecular weight is 264 g/mol. The summed E-state index contributed by atoms with van der Waals surface area (Å²) in [4.78, 5) is 35.4. The highest BCUT2D eigenvalue weighted by Gasteiger charge is 2.20. The van der Waals surface area contributed by atoms with Crippen molar-refractivity contribution in [2.75, 3.05) is 19.0 Å². The fraction of sp³-hybridized carbons (Fsp3) is 0.700. The Kier molecular flexibility index (Phi) is 7.29. The number of carbonyl (C=O) groups excluding carboxylic acids is 3. The van der Waals surface area contributed by atoms with Crippen LogP contribution in [0.15, 0.2) is 0 Å². The van der Waals surface area contributed by atoms with Crippen LogP contribution in [0, 0.1) is 0 Å². The summed E-state index contributed by atoms with van der Waals surface area (Å²) < 4.78 is 0. The Hall–Kier alpha value is -1.30. The first-order valence-corrected chi connectivity index (χ1v) is 5.94. The van der Waals surface area contributed by atoms with E-state index in [1.165, 1.54) is 0 Å². The number of carbonyl (C=O) groups is 3. The Morgan fingerprint density at radius 2 is 1.76 bits per heavy atom. The molecule has 4 amide bonds. The van der Waals surface area contributed by atoms with Crippen molar-refractivity contribution in [2.45, 2.75) is 26.8 Å². The normalized spacial score (nSPS) is 11.5. The number of urea groups is 1. The largest absolute Gasteiger partial charge is 0.341 e. The summed E-state index contributed by atoms with van der Waals surface area (Å²) in [5.41, 5.74) is 0. The summed E-state index contributed by atoms with van der Waals surface area (Å²) in [5, 5.41) is 4.37. The van der Waals surface area contributed by atoms with Crippen LogP contribution in [0.4, 0.5) is 4.79 Å². The molecule has 0 fully saturated rings. The smallest absolute Gasteiger partial charge is 0.322 e. The lowest BCUT2D eigenvalue weighted by atomic mass is 10.3. The number of hydrogen-bond donors (Lipinski definition) is 2. The Balaban J connectivity index is 4.24. The van der Waals surface area contributed by atoms with E-state index in [4.69, 9.17) is 11.6 Å². The molecule has 2 N–H and O–H groups in total. The number of amides is 4. The summed E-state index contributed by atoms with van der Waals surface area (Å²) in [6.07, 6.45) is 0. The molecule has 0 radical (unpaired) electrons. The lowest BCUT2D eigenvalue weighted by molar-refractivity contribution is -0.132. The molecule has 0 spiro atoms. The van der Waals surface area contributed by atoms with Crippen LogP contribution in [0.5, 0.6) is 0 Å². The van der Waals surface area contributed by atoms with Gasteiger partial charge in [0.15, 0.2) is 0 Å². The molecule has 0 aromatic heterocycles. The number of rotatable bonds is 5. The fourth-order valence-corrected chi connectivity index (χ4v) is 1.33. The number of halogens is 1. The summed E-state index contributed by atoms with van der Waals surface area (Å²) in [6, 6.07) is -1.40. The van der Waals surface area contributed by atoms with Gasteiger partial charge in [0.1, 0.15) is 11.9 Å². The molecular weight excluding hydrogens is 246 g/mol. The van der Waals surface area contributed by atoms with E-state index in [0.717, 1.165) is 0 Å². The van der Waals surface area contributed by atoms with Crippen LogP contribution in [0.2, 0.25) is 0 Å². The lowest BCUT2D eigenvalue weighted by Crippen LogP contribution is -2.51. The number of hydrogen-bond acceptors (Lipinski definition) is 3. The van der Waals surface area contributed by atoms with E-state index in [2.05, 4.69) is 5.32 Å². The van der Waals surface area contributed by atoms with E-state index in [9.17, 15) is 14.4 Å². The molecule has 0 saturated heterocycles. The van der Waals surface area contributed by atoms with Crippen molar-refractivity contribution >= 4 is 29.4 Å². The van der Waals surface area contributed by atoms with Gasteiger partial charge in [0.2, 0.25) is 11.8 Å². The number of likely N-dealkylation sites (N-methyl/N-ethyl adjacent to an activating group) is 1. The van der Waals surface area contributed by atoms with Gasteiger partial charge in [-0.25, -0.2) is 4.79 Å². The van der Waals surface area contributed by atoms with Crippen molar-refractivity contribution in [1.29, 1.82) is 0 Å². The predicted octanol–water partition coefficient (Wildman–Crippen LogP) is 0.308. The third kappa shape index (κ3) is 5.53. The SMILES string of the molecule is CCN(CC)C(=O)C(C)NC(=O)NC(=O)CCl. The second kappa shape index (κ2) is 7.89. The van der Waals surface area contributed by atoms with Gasteiger partial charge in [-0.3, -0.25) is 14.9 Å². The molecule has 1 unspecified atom stereocenters. The van der Waals surface area contributed by atoms with Crippen LogP contribution < -0.4 is 10.6 Å². The van der Waals surface area contributed by atoms with Crippen LogP contribution in [-0.4, -0.2) is 47.8 Å². The van der Waals surface area contributed by atoms with E-state index in [1.807, 2.05) is 19.2 Å². The van der Waals surface area contributed by atoms with Crippen molar-refractivity contribution in [2.24, 2.45) is 0 Å². The maximum Gasteiger partial charge on any atom is 0.322 e. The molecule has 0 saturated carbocycles. The molecule has 0 aromatic carbocycles. The molecule has 98 valence electrons. The van der Waals surface area contributed by atoms with E-state index in [-0.39, 0.29) is 11.8 Å². The Bertz CT molecular complexity index is 293. The summed E-state index contributed by atoms with van der Waals surface area (Å²) in [6.45, 7) is 6.41. The monoisotopic (exact) mass is 263 g/mol. The lowest BCUT2D eigenvalue weighted by Gasteiger charge is -2.23. The quantitative estimate of drug-likeness (QED) is 0.701. The number of nitrogens with zero attached hydrogens (tertiary/aromatic N) is 1. The summed E-state index contributed by atoms with van der Waals surface area (Å²) in [5.74, 6) is -1.10. The third-order valence-electron chi connectivity index (χ3n) is 2.17. The first-order valence-electron chi connectivity index (χ1n) is 5.41. The van der Waals surface area contributed by atoms with Crippen LogP contribution >= 0.6 is 11.6 Å². The van der Waals surface area contributed by atoms with E-state index in [0.29, 0.717) is 13.1 Å². The topological polar surface area (TPSA) is 78.5 Å². The van der Waals surface area contributed by atoms with Gasteiger partial charge in [-0.15, -0.1) is 11.6 Å². The summed E-state index contributed by atoms with van der Waals surface area (Å²) >= 11 is 5.22. The van der Waals surface area contributed by atoms with Crippen LogP contribution in [0.1, 0.15) is 20.8 Å². The zero-order chi connectivity index (χ0) is 13.4. The molecule has 0 aliphatic rings.